The molecular formula is C10H11NO3. The Kier molecular flexibility index (Phi) is 2.04. The van der Waals surface area contributed by atoms with E-state index in [-0.39, 0.29) is 6.10 Å². The summed E-state index contributed by atoms with van der Waals surface area (Å²) in [6.07, 6.45) is -0.622. The number of hydrogen-bond donors (Lipinski definition) is 1. The largest absolute Gasteiger partial charge is 0.497 e. The second kappa shape index (κ2) is 3.21. The molecule has 1 aliphatic rings. The van der Waals surface area contributed by atoms with Crippen LogP contribution in [0.25, 0.3) is 0 Å². The maximum absolute atomic E-state index is 11.1. The highest BCUT2D eigenvalue weighted by Crippen LogP contribution is 2.32. The third kappa shape index (κ3) is 1.39. The quantitative estimate of drug-likeness (QED) is 0.744. The van der Waals surface area contributed by atoms with Crippen LogP contribution < -0.4 is 10.1 Å². The summed E-state index contributed by atoms with van der Waals surface area (Å²) in [6, 6.07) is 5.51. The number of ether oxygens (including phenoxy) is 2. The van der Waals surface area contributed by atoms with Crippen molar-refractivity contribution in [3.05, 3.63) is 23.8 Å². The summed E-state index contributed by atoms with van der Waals surface area (Å²) in [5.74, 6) is 0.721. The van der Waals surface area contributed by atoms with Crippen molar-refractivity contribution in [1.82, 2.24) is 0 Å². The molecule has 74 valence electrons. The van der Waals surface area contributed by atoms with Crippen molar-refractivity contribution in [2.45, 2.75) is 13.0 Å². The Labute approximate surface area is 81.8 Å². The Balaban J connectivity index is 2.43. The summed E-state index contributed by atoms with van der Waals surface area (Å²) in [6.45, 7) is 1.84. The SMILES string of the molecule is COc1ccc2c(c1)NC(=O)OC2C. The molecule has 2 rings (SSSR count). The van der Waals surface area contributed by atoms with Crippen LogP contribution in [0, 0.1) is 0 Å². The number of methoxy groups -OCH3 is 1. The highest BCUT2D eigenvalue weighted by atomic mass is 16.6. The number of cyclic esters (lactones) is 1. The normalized spacial score (nSPS) is 19.3. The lowest BCUT2D eigenvalue weighted by atomic mass is 10.1. The number of benzene rings is 1. The smallest absolute Gasteiger partial charge is 0.412 e. The van der Waals surface area contributed by atoms with E-state index in [0.717, 1.165) is 17.0 Å². The topological polar surface area (TPSA) is 47.6 Å². The van der Waals surface area contributed by atoms with Gasteiger partial charge in [0.25, 0.3) is 0 Å². The molecule has 4 heteroatoms. The highest BCUT2D eigenvalue weighted by Gasteiger charge is 2.22. The molecule has 0 saturated carbocycles. The number of carbonyl (C=O) groups is 1. The fraction of sp³-hybridized carbons (Fsp3) is 0.300. The molecule has 1 unspecified atom stereocenters. The minimum atomic E-state index is -0.418. The molecule has 1 N–H and O–H groups in total. The second-order valence-electron chi connectivity index (χ2n) is 3.13. The average Bonchev–Trinajstić information content (AvgIpc) is 2.16. The summed E-state index contributed by atoms with van der Waals surface area (Å²) < 4.78 is 10.1. The Morgan fingerprint density at radius 3 is 3.00 bits per heavy atom. The first-order valence-corrected chi connectivity index (χ1v) is 4.36. The molecule has 1 aliphatic heterocycles. The van der Waals surface area contributed by atoms with E-state index in [1.54, 1.807) is 13.2 Å². The Morgan fingerprint density at radius 1 is 1.50 bits per heavy atom. The lowest BCUT2D eigenvalue weighted by Gasteiger charge is -2.23. The zero-order chi connectivity index (χ0) is 10.1. The molecule has 0 bridgehead atoms. The Bertz CT molecular complexity index is 376. The molecule has 0 spiro atoms. The van der Waals surface area contributed by atoms with Crippen LogP contribution in [-0.2, 0) is 4.74 Å². The number of anilines is 1. The summed E-state index contributed by atoms with van der Waals surface area (Å²) in [4.78, 5) is 11.1. The maximum Gasteiger partial charge on any atom is 0.412 e. The van der Waals surface area contributed by atoms with E-state index in [1.165, 1.54) is 0 Å². The Hall–Kier alpha value is -1.71. The predicted octanol–water partition coefficient (Wildman–Crippen LogP) is 2.32. The number of carbonyl (C=O) groups excluding carboxylic acids is 1. The van der Waals surface area contributed by atoms with Gasteiger partial charge >= 0.3 is 6.09 Å². The number of nitrogens with one attached hydrogen (secondary N) is 1. The first-order valence-electron chi connectivity index (χ1n) is 4.36. The minimum Gasteiger partial charge on any atom is -0.497 e. The molecule has 4 nitrogen and oxygen atoms in total. The molecule has 1 atom stereocenters. The molecule has 1 aromatic carbocycles. The highest BCUT2D eigenvalue weighted by molar-refractivity contribution is 5.88. The molecule has 14 heavy (non-hydrogen) atoms. The van der Waals surface area contributed by atoms with E-state index >= 15 is 0 Å². The van der Waals surface area contributed by atoms with Crippen molar-refractivity contribution >= 4 is 11.8 Å². The van der Waals surface area contributed by atoms with Crippen LogP contribution in [0.1, 0.15) is 18.6 Å². The van der Waals surface area contributed by atoms with Crippen molar-refractivity contribution in [3.8, 4) is 5.75 Å². The third-order valence-electron chi connectivity index (χ3n) is 2.22. The summed E-state index contributed by atoms with van der Waals surface area (Å²) in [7, 11) is 1.59. The number of hydrogen-bond acceptors (Lipinski definition) is 3. The molecule has 1 amide bonds. The van der Waals surface area contributed by atoms with Gasteiger partial charge in [-0.05, 0) is 19.1 Å². The minimum absolute atomic E-state index is 0.204. The molecule has 0 fully saturated rings. The molecule has 1 aromatic rings. The van der Waals surface area contributed by atoms with Crippen molar-refractivity contribution in [1.29, 1.82) is 0 Å². The maximum atomic E-state index is 11.1. The van der Waals surface area contributed by atoms with Gasteiger partial charge in [-0.2, -0.15) is 0 Å². The zero-order valence-corrected chi connectivity index (χ0v) is 8.03. The average molecular weight is 193 g/mol. The summed E-state index contributed by atoms with van der Waals surface area (Å²) >= 11 is 0. The molecule has 0 aromatic heterocycles. The van der Waals surface area contributed by atoms with Gasteiger partial charge < -0.3 is 9.47 Å². The van der Waals surface area contributed by atoms with Crippen LogP contribution >= 0.6 is 0 Å². The number of fused-ring (bicyclic) bond motifs is 1. The van der Waals surface area contributed by atoms with Crippen LogP contribution in [0.2, 0.25) is 0 Å². The lowest BCUT2D eigenvalue weighted by molar-refractivity contribution is 0.116. The predicted molar refractivity (Wildman–Crippen MR) is 51.5 cm³/mol. The van der Waals surface area contributed by atoms with Crippen molar-refractivity contribution < 1.29 is 14.3 Å². The van der Waals surface area contributed by atoms with Gasteiger partial charge in [0.15, 0.2) is 0 Å². The first-order chi connectivity index (χ1) is 6.70. The fourth-order valence-corrected chi connectivity index (χ4v) is 1.49. The van der Waals surface area contributed by atoms with Crippen LogP contribution in [0.3, 0.4) is 0 Å². The first kappa shape index (κ1) is 8.87. The van der Waals surface area contributed by atoms with Gasteiger partial charge in [-0.25, -0.2) is 4.79 Å². The lowest BCUT2D eigenvalue weighted by Crippen LogP contribution is -2.22. The van der Waals surface area contributed by atoms with Crippen molar-refractivity contribution in [3.63, 3.8) is 0 Å². The van der Waals surface area contributed by atoms with Gasteiger partial charge in [0.2, 0.25) is 0 Å². The van der Waals surface area contributed by atoms with Crippen LogP contribution in [0.4, 0.5) is 10.5 Å². The van der Waals surface area contributed by atoms with Crippen LogP contribution in [-0.4, -0.2) is 13.2 Å². The van der Waals surface area contributed by atoms with Crippen LogP contribution in [0.15, 0.2) is 18.2 Å². The third-order valence-corrected chi connectivity index (χ3v) is 2.22. The standard InChI is InChI=1S/C10H11NO3/c1-6-8-4-3-7(13-2)5-9(8)11-10(12)14-6/h3-6H,1-2H3,(H,11,12). The van der Waals surface area contributed by atoms with Gasteiger partial charge in [0.05, 0.1) is 12.8 Å². The van der Waals surface area contributed by atoms with E-state index in [1.807, 2.05) is 19.1 Å². The molecule has 1 heterocycles. The molecular weight excluding hydrogens is 182 g/mol. The van der Waals surface area contributed by atoms with Crippen molar-refractivity contribution in [2.75, 3.05) is 12.4 Å². The van der Waals surface area contributed by atoms with E-state index in [4.69, 9.17) is 9.47 Å². The molecule has 0 aliphatic carbocycles. The molecule has 0 saturated heterocycles. The summed E-state index contributed by atoms with van der Waals surface area (Å²) in [5.41, 5.74) is 1.72. The molecule has 0 radical (unpaired) electrons. The zero-order valence-electron chi connectivity index (χ0n) is 8.03. The van der Waals surface area contributed by atoms with Gasteiger partial charge in [-0.3, -0.25) is 5.32 Å². The summed E-state index contributed by atoms with van der Waals surface area (Å²) in [5, 5.41) is 2.62. The van der Waals surface area contributed by atoms with Crippen molar-refractivity contribution in [2.24, 2.45) is 0 Å². The number of amides is 1. The van der Waals surface area contributed by atoms with Gasteiger partial charge in [0.1, 0.15) is 11.9 Å². The monoisotopic (exact) mass is 193 g/mol. The number of rotatable bonds is 1. The fourth-order valence-electron chi connectivity index (χ4n) is 1.49. The van der Waals surface area contributed by atoms with Gasteiger partial charge in [-0.1, -0.05) is 0 Å². The van der Waals surface area contributed by atoms with E-state index in [9.17, 15) is 4.79 Å². The Morgan fingerprint density at radius 2 is 2.29 bits per heavy atom. The van der Waals surface area contributed by atoms with E-state index < -0.39 is 6.09 Å². The second-order valence-corrected chi connectivity index (χ2v) is 3.13. The van der Waals surface area contributed by atoms with Gasteiger partial charge in [0, 0.05) is 11.6 Å². The van der Waals surface area contributed by atoms with E-state index in [0.29, 0.717) is 0 Å². The van der Waals surface area contributed by atoms with Crippen LogP contribution in [0.5, 0.6) is 5.75 Å². The van der Waals surface area contributed by atoms with E-state index in [2.05, 4.69) is 5.32 Å². The van der Waals surface area contributed by atoms with Gasteiger partial charge in [-0.15, -0.1) is 0 Å².